The van der Waals surface area contributed by atoms with E-state index in [0.29, 0.717) is 16.9 Å². The minimum absolute atomic E-state index is 0.521. The summed E-state index contributed by atoms with van der Waals surface area (Å²) < 4.78 is 27.4. The number of nitrogens with zero attached hydrogens (tertiary/aromatic N) is 1. The molecule has 0 aliphatic carbocycles. The summed E-state index contributed by atoms with van der Waals surface area (Å²) in [6, 6.07) is 7.24. The third-order valence-electron chi connectivity index (χ3n) is 2.26. The average molecular weight is 221 g/mol. The van der Waals surface area contributed by atoms with Gasteiger partial charge in [0.2, 0.25) is 0 Å². The molecule has 2 heterocycles. The van der Waals surface area contributed by atoms with Gasteiger partial charge in [0.25, 0.3) is 0 Å². The maximum atomic E-state index is 11.3. The van der Waals surface area contributed by atoms with E-state index in [2.05, 4.69) is 14.4 Å². The highest BCUT2D eigenvalue weighted by Gasteiger charge is 2.24. The van der Waals surface area contributed by atoms with Crippen molar-refractivity contribution in [2.45, 2.75) is 0 Å². The summed E-state index contributed by atoms with van der Waals surface area (Å²) in [5, 5.41) is 0.905. The molecular weight excluding hydrogens is 214 g/mol. The number of pyridine rings is 1. The normalized spacial score (nSPS) is 16.8. The number of aromatic nitrogens is 1. The van der Waals surface area contributed by atoms with Crippen molar-refractivity contribution < 1.29 is 8.42 Å². The molecule has 2 N–H and O–H groups in total. The standard InChI is InChI=1S/C9H7N3O2S/c13-15(14)11-7-4-3-6-2-1-5-10-8(6)9(7)12-15/h1-5,11-12H. The number of hydrogen-bond acceptors (Lipinski definition) is 3. The molecule has 5 nitrogen and oxygen atoms in total. The zero-order chi connectivity index (χ0) is 10.5. The van der Waals surface area contributed by atoms with Gasteiger partial charge in [-0.05, 0) is 12.1 Å². The monoisotopic (exact) mass is 221 g/mol. The molecule has 1 aromatic carbocycles. The highest BCUT2D eigenvalue weighted by Crippen LogP contribution is 2.35. The van der Waals surface area contributed by atoms with E-state index in [1.165, 1.54) is 0 Å². The molecule has 6 heteroatoms. The quantitative estimate of drug-likeness (QED) is 0.704. The van der Waals surface area contributed by atoms with Crippen molar-refractivity contribution in [3.8, 4) is 0 Å². The predicted octanol–water partition coefficient (Wildman–Crippen LogP) is 1.32. The Kier molecular flexibility index (Phi) is 1.47. The van der Waals surface area contributed by atoms with Crippen LogP contribution in [0.5, 0.6) is 0 Å². The lowest BCUT2D eigenvalue weighted by molar-refractivity contribution is 0.607. The lowest BCUT2D eigenvalue weighted by Gasteiger charge is -2.00. The molecule has 0 amide bonds. The van der Waals surface area contributed by atoms with Crippen molar-refractivity contribution in [3.05, 3.63) is 30.5 Å². The van der Waals surface area contributed by atoms with Gasteiger partial charge in [0.15, 0.2) is 0 Å². The maximum Gasteiger partial charge on any atom is 0.321 e. The van der Waals surface area contributed by atoms with Gasteiger partial charge in [-0.3, -0.25) is 14.4 Å². The van der Waals surface area contributed by atoms with Gasteiger partial charge < -0.3 is 0 Å². The van der Waals surface area contributed by atoms with E-state index < -0.39 is 10.2 Å². The number of anilines is 2. The number of nitrogens with one attached hydrogen (secondary N) is 2. The fourth-order valence-corrected chi connectivity index (χ4v) is 2.62. The van der Waals surface area contributed by atoms with Crippen LogP contribution in [0.25, 0.3) is 10.9 Å². The third-order valence-corrected chi connectivity index (χ3v) is 3.22. The van der Waals surface area contributed by atoms with Gasteiger partial charge in [-0.15, -0.1) is 0 Å². The van der Waals surface area contributed by atoms with Crippen LogP contribution in [-0.4, -0.2) is 13.4 Å². The van der Waals surface area contributed by atoms with Crippen LogP contribution in [0.1, 0.15) is 0 Å². The van der Waals surface area contributed by atoms with E-state index in [0.717, 1.165) is 5.39 Å². The summed E-state index contributed by atoms with van der Waals surface area (Å²) in [6.45, 7) is 0. The first-order valence-corrected chi connectivity index (χ1v) is 5.82. The fourth-order valence-electron chi connectivity index (χ4n) is 1.64. The zero-order valence-corrected chi connectivity index (χ0v) is 8.38. The van der Waals surface area contributed by atoms with Crippen LogP contribution < -0.4 is 9.44 Å². The maximum absolute atomic E-state index is 11.3. The first-order valence-electron chi connectivity index (χ1n) is 4.34. The van der Waals surface area contributed by atoms with Crippen molar-refractivity contribution in [3.63, 3.8) is 0 Å². The second kappa shape index (κ2) is 2.60. The topological polar surface area (TPSA) is 71.1 Å². The second-order valence-electron chi connectivity index (χ2n) is 3.27. The van der Waals surface area contributed by atoms with Gasteiger partial charge in [-0.25, -0.2) is 0 Å². The van der Waals surface area contributed by atoms with E-state index in [9.17, 15) is 8.42 Å². The molecule has 0 fully saturated rings. The summed E-state index contributed by atoms with van der Waals surface area (Å²) in [5.41, 5.74) is 1.72. The molecule has 1 aliphatic rings. The van der Waals surface area contributed by atoms with E-state index in [1.807, 2.05) is 18.2 Å². The molecule has 76 valence electrons. The van der Waals surface area contributed by atoms with Crippen molar-refractivity contribution in [1.82, 2.24) is 4.98 Å². The first kappa shape index (κ1) is 8.49. The Balaban J connectivity index is 2.39. The highest BCUT2D eigenvalue weighted by atomic mass is 32.2. The van der Waals surface area contributed by atoms with Crippen molar-refractivity contribution in [1.29, 1.82) is 0 Å². The largest absolute Gasteiger partial charge is 0.321 e. The molecule has 3 rings (SSSR count). The average Bonchev–Trinajstić information content (AvgIpc) is 2.52. The predicted molar refractivity (Wildman–Crippen MR) is 57.9 cm³/mol. The zero-order valence-electron chi connectivity index (χ0n) is 7.56. The molecule has 1 aromatic heterocycles. The molecular formula is C9H7N3O2S. The molecule has 0 saturated carbocycles. The summed E-state index contributed by atoms with van der Waals surface area (Å²) in [6.07, 6.45) is 1.63. The minimum atomic E-state index is -3.44. The Morgan fingerprint density at radius 3 is 2.87 bits per heavy atom. The van der Waals surface area contributed by atoms with Gasteiger partial charge >= 0.3 is 10.2 Å². The first-order chi connectivity index (χ1) is 7.16. The lowest BCUT2D eigenvalue weighted by atomic mass is 10.2. The molecule has 1 aliphatic heterocycles. The van der Waals surface area contributed by atoms with Crippen molar-refractivity contribution in [2.24, 2.45) is 0 Å². The van der Waals surface area contributed by atoms with Gasteiger partial charge in [0.1, 0.15) is 5.69 Å². The van der Waals surface area contributed by atoms with Gasteiger partial charge in [0.05, 0.1) is 11.2 Å². The van der Waals surface area contributed by atoms with Crippen LogP contribution in [0.2, 0.25) is 0 Å². The summed E-state index contributed by atoms with van der Waals surface area (Å²) >= 11 is 0. The van der Waals surface area contributed by atoms with E-state index in [4.69, 9.17) is 0 Å². The Morgan fingerprint density at radius 2 is 2.00 bits per heavy atom. The summed E-state index contributed by atoms with van der Waals surface area (Å²) in [4.78, 5) is 4.15. The van der Waals surface area contributed by atoms with Crippen LogP contribution in [0.4, 0.5) is 11.4 Å². The fraction of sp³-hybridized carbons (Fsp3) is 0. The molecule has 0 radical (unpaired) electrons. The van der Waals surface area contributed by atoms with Crippen LogP contribution in [0, 0.1) is 0 Å². The lowest BCUT2D eigenvalue weighted by Crippen LogP contribution is -2.12. The van der Waals surface area contributed by atoms with Crippen LogP contribution in [0.3, 0.4) is 0 Å². The van der Waals surface area contributed by atoms with Gasteiger partial charge in [0, 0.05) is 11.6 Å². The van der Waals surface area contributed by atoms with Crippen molar-refractivity contribution >= 4 is 32.5 Å². The smallest absolute Gasteiger partial charge is 0.265 e. The number of hydrogen-bond donors (Lipinski definition) is 2. The molecule has 0 saturated heterocycles. The number of rotatable bonds is 0. The molecule has 0 spiro atoms. The number of fused-ring (bicyclic) bond motifs is 3. The molecule has 2 aromatic rings. The Hall–Kier alpha value is -1.82. The van der Waals surface area contributed by atoms with E-state index >= 15 is 0 Å². The molecule has 0 atom stereocenters. The highest BCUT2D eigenvalue weighted by molar-refractivity contribution is 7.94. The van der Waals surface area contributed by atoms with Gasteiger partial charge in [-0.2, -0.15) is 8.42 Å². The molecule has 15 heavy (non-hydrogen) atoms. The van der Waals surface area contributed by atoms with E-state index in [-0.39, 0.29) is 0 Å². The van der Waals surface area contributed by atoms with E-state index in [1.54, 1.807) is 12.3 Å². The Labute approximate surface area is 86.3 Å². The van der Waals surface area contributed by atoms with Crippen molar-refractivity contribution in [2.75, 3.05) is 9.44 Å². The SMILES string of the molecule is O=S1(=O)Nc2ccc3cccnc3c2N1. The minimum Gasteiger partial charge on any atom is -0.265 e. The molecule has 0 bridgehead atoms. The molecule has 0 unspecified atom stereocenters. The Morgan fingerprint density at radius 1 is 1.13 bits per heavy atom. The van der Waals surface area contributed by atoms with Crippen LogP contribution in [-0.2, 0) is 10.2 Å². The van der Waals surface area contributed by atoms with Gasteiger partial charge in [-0.1, -0.05) is 12.1 Å². The van der Waals surface area contributed by atoms with Crippen LogP contribution >= 0.6 is 0 Å². The summed E-state index contributed by atoms with van der Waals surface area (Å²) in [5.74, 6) is 0. The number of benzene rings is 1. The Bertz CT molecular complexity index is 651. The summed E-state index contributed by atoms with van der Waals surface area (Å²) in [7, 11) is -3.44. The van der Waals surface area contributed by atoms with Crippen LogP contribution in [0.15, 0.2) is 30.5 Å². The second-order valence-corrected chi connectivity index (χ2v) is 4.69. The third kappa shape index (κ3) is 1.22.